The number of benzene rings is 2. The Morgan fingerprint density at radius 2 is 1.95 bits per heavy atom. The van der Waals surface area contributed by atoms with Crippen molar-refractivity contribution in [2.75, 3.05) is 0 Å². The Labute approximate surface area is 113 Å². The summed E-state index contributed by atoms with van der Waals surface area (Å²) in [5, 5.41) is 10.0. The second kappa shape index (κ2) is 5.45. The van der Waals surface area contributed by atoms with Crippen LogP contribution in [-0.2, 0) is 13.0 Å². The lowest BCUT2D eigenvalue weighted by molar-refractivity contribution is 0.156. The smallest absolute Gasteiger partial charge is 0.120 e. The Morgan fingerprint density at radius 1 is 1.11 bits per heavy atom. The molecule has 0 unspecified atom stereocenters. The first-order valence-electron chi connectivity index (χ1n) is 6.80. The fourth-order valence-corrected chi connectivity index (χ4v) is 2.58. The Bertz CT molecular complexity index is 548. The van der Waals surface area contributed by atoms with Gasteiger partial charge in [0.05, 0.1) is 6.10 Å². The highest BCUT2D eigenvalue weighted by Gasteiger charge is 2.18. The first-order chi connectivity index (χ1) is 9.33. The lowest BCUT2D eigenvalue weighted by Crippen LogP contribution is -2.09. The summed E-state index contributed by atoms with van der Waals surface area (Å²) >= 11 is 0. The van der Waals surface area contributed by atoms with Crippen LogP contribution in [0.15, 0.2) is 48.5 Å². The van der Waals surface area contributed by atoms with Gasteiger partial charge in [0.1, 0.15) is 12.4 Å². The molecule has 2 aromatic carbocycles. The Balaban J connectivity index is 1.74. The number of hydrogen-bond donors (Lipinski definition) is 1. The van der Waals surface area contributed by atoms with E-state index in [-0.39, 0.29) is 6.10 Å². The fourth-order valence-electron chi connectivity index (χ4n) is 2.58. The highest BCUT2D eigenvalue weighted by Crippen LogP contribution is 2.32. The maximum absolute atomic E-state index is 10.0. The standard InChI is InChI=1S/C17H18O2/c18-17-8-4-7-14-9-10-15(11-16(14)17)19-12-13-5-2-1-3-6-13/h1-3,5-6,9-11,17-18H,4,7-8,12H2/t17-/m1/s1. The van der Waals surface area contributed by atoms with Gasteiger partial charge in [0, 0.05) is 0 Å². The van der Waals surface area contributed by atoms with Crippen molar-refractivity contribution in [1.82, 2.24) is 0 Å². The fraction of sp³-hybridized carbons (Fsp3) is 0.294. The third-order valence-corrected chi connectivity index (χ3v) is 3.65. The van der Waals surface area contributed by atoms with Crippen LogP contribution in [0.1, 0.15) is 35.6 Å². The van der Waals surface area contributed by atoms with E-state index in [0.717, 1.165) is 36.1 Å². The summed E-state index contributed by atoms with van der Waals surface area (Å²) in [6.07, 6.45) is 2.66. The molecule has 2 nitrogen and oxygen atoms in total. The van der Waals surface area contributed by atoms with Crippen LogP contribution in [0.2, 0.25) is 0 Å². The third-order valence-electron chi connectivity index (χ3n) is 3.65. The molecule has 0 spiro atoms. The molecule has 2 heteroatoms. The van der Waals surface area contributed by atoms with E-state index in [1.165, 1.54) is 5.56 Å². The molecule has 0 saturated carbocycles. The zero-order valence-electron chi connectivity index (χ0n) is 10.9. The normalized spacial score (nSPS) is 17.8. The predicted molar refractivity (Wildman–Crippen MR) is 75.1 cm³/mol. The minimum absolute atomic E-state index is 0.330. The van der Waals surface area contributed by atoms with Crippen molar-refractivity contribution in [2.24, 2.45) is 0 Å². The van der Waals surface area contributed by atoms with Crippen LogP contribution in [0.25, 0.3) is 0 Å². The summed E-state index contributed by atoms with van der Waals surface area (Å²) in [5.41, 5.74) is 3.45. The average molecular weight is 254 g/mol. The van der Waals surface area contributed by atoms with Crippen LogP contribution >= 0.6 is 0 Å². The van der Waals surface area contributed by atoms with Gasteiger partial charge in [-0.1, -0.05) is 36.4 Å². The summed E-state index contributed by atoms with van der Waals surface area (Å²) in [6, 6.07) is 16.2. The predicted octanol–water partition coefficient (Wildman–Crippen LogP) is 3.64. The number of aryl methyl sites for hydroxylation is 1. The molecule has 98 valence electrons. The minimum Gasteiger partial charge on any atom is -0.489 e. The second-order valence-electron chi connectivity index (χ2n) is 5.04. The van der Waals surface area contributed by atoms with Gasteiger partial charge in [0.2, 0.25) is 0 Å². The lowest BCUT2D eigenvalue weighted by Gasteiger charge is -2.22. The highest BCUT2D eigenvalue weighted by molar-refractivity contribution is 5.38. The molecular weight excluding hydrogens is 236 g/mol. The largest absolute Gasteiger partial charge is 0.489 e. The van der Waals surface area contributed by atoms with Gasteiger partial charge in [0.25, 0.3) is 0 Å². The van der Waals surface area contributed by atoms with Gasteiger partial charge in [-0.2, -0.15) is 0 Å². The zero-order valence-corrected chi connectivity index (χ0v) is 10.9. The lowest BCUT2D eigenvalue weighted by atomic mass is 9.89. The molecular formula is C17H18O2. The number of fused-ring (bicyclic) bond motifs is 1. The summed E-state index contributed by atoms with van der Waals surface area (Å²) in [4.78, 5) is 0. The van der Waals surface area contributed by atoms with Crippen molar-refractivity contribution >= 4 is 0 Å². The van der Waals surface area contributed by atoms with Gasteiger partial charge >= 0.3 is 0 Å². The molecule has 0 bridgehead atoms. The molecule has 19 heavy (non-hydrogen) atoms. The van der Waals surface area contributed by atoms with Gasteiger partial charge in [-0.15, -0.1) is 0 Å². The Kier molecular flexibility index (Phi) is 3.51. The van der Waals surface area contributed by atoms with Crippen LogP contribution in [0.4, 0.5) is 0 Å². The van der Waals surface area contributed by atoms with E-state index in [1.807, 2.05) is 42.5 Å². The monoisotopic (exact) mass is 254 g/mol. The summed E-state index contributed by atoms with van der Waals surface area (Å²) in [5.74, 6) is 0.837. The molecule has 3 rings (SSSR count). The number of hydrogen-bond acceptors (Lipinski definition) is 2. The van der Waals surface area contributed by atoms with Crippen molar-refractivity contribution in [3.8, 4) is 5.75 Å². The maximum Gasteiger partial charge on any atom is 0.120 e. The topological polar surface area (TPSA) is 29.5 Å². The van der Waals surface area contributed by atoms with E-state index in [9.17, 15) is 5.11 Å². The second-order valence-corrected chi connectivity index (χ2v) is 5.04. The van der Waals surface area contributed by atoms with Gasteiger partial charge < -0.3 is 9.84 Å². The van der Waals surface area contributed by atoms with E-state index >= 15 is 0 Å². The van der Waals surface area contributed by atoms with Gasteiger partial charge in [-0.3, -0.25) is 0 Å². The molecule has 2 aromatic rings. The van der Waals surface area contributed by atoms with Crippen LogP contribution in [0, 0.1) is 0 Å². The van der Waals surface area contributed by atoms with Crippen LogP contribution in [0.3, 0.4) is 0 Å². The highest BCUT2D eigenvalue weighted by atomic mass is 16.5. The molecule has 1 N–H and O–H groups in total. The van der Waals surface area contributed by atoms with E-state index in [0.29, 0.717) is 6.61 Å². The van der Waals surface area contributed by atoms with Gasteiger partial charge in [-0.25, -0.2) is 0 Å². The quantitative estimate of drug-likeness (QED) is 0.906. The average Bonchev–Trinajstić information content (AvgIpc) is 2.47. The van der Waals surface area contributed by atoms with E-state index in [1.54, 1.807) is 0 Å². The molecule has 0 heterocycles. The van der Waals surface area contributed by atoms with E-state index in [4.69, 9.17) is 4.74 Å². The third kappa shape index (κ3) is 2.79. The summed E-state index contributed by atoms with van der Waals surface area (Å²) < 4.78 is 5.80. The van der Waals surface area contributed by atoms with Crippen molar-refractivity contribution in [3.05, 3.63) is 65.2 Å². The molecule has 0 amide bonds. The summed E-state index contributed by atoms with van der Waals surface area (Å²) in [7, 11) is 0. The van der Waals surface area contributed by atoms with Crippen molar-refractivity contribution in [2.45, 2.75) is 32.0 Å². The Morgan fingerprint density at radius 3 is 2.79 bits per heavy atom. The number of ether oxygens (including phenoxy) is 1. The van der Waals surface area contributed by atoms with Gasteiger partial charge in [0.15, 0.2) is 0 Å². The summed E-state index contributed by atoms with van der Waals surface area (Å²) in [6.45, 7) is 0.565. The van der Waals surface area contributed by atoms with Crippen LogP contribution in [-0.4, -0.2) is 5.11 Å². The first-order valence-corrected chi connectivity index (χ1v) is 6.80. The minimum atomic E-state index is -0.330. The molecule has 1 aliphatic rings. The molecule has 1 atom stereocenters. The van der Waals surface area contributed by atoms with Crippen molar-refractivity contribution in [1.29, 1.82) is 0 Å². The van der Waals surface area contributed by atoms with Crippen LogP contribution < -0.4 is 4.74 Å². The van der Waals surface area contributed by atoms with Crippen LogP contribution in [0.5, 0.6) is 5.75 Å². The molecule has 0 aromatic heterocycles. The number of aliphatic hydroxyl groups excluding tert-OH is 1. The molecule has 0 fully saturated rings. The first kappa shape index (κ1) is 12.2. The van der Waals surface area contributed by atoms with E-state index in [2.05, 4.69) is 6.07 Å². The SMILES string of the molecule is O[C@@H]1CCCc2ccc(OCc3ccccc3)cc21. The molecule has 0 radical (unpaired) electrons. The number of rotatable bonds is 3. The molecule has 0 saturated heterocycles. The van der Waals surface area contributed by atoms with Gasteiger partial charge in [-0.05, 0) is 48.1 Å². The van der Waals surface area contributed by atoms with Crippen molar-refractivity contribution in [3.63, 3.8) is 0 Å². The zero-order chi connectivity index (χ0) is 13.1. The maximum atomic E-state index is 10.0. The molecule has 1 aliphatic carbocycles. The Hall–Kier alpha value is -1.80. The van der Waals surface area contributed by atoms with Crippen molar-refractivity contribution < 1.29 is 9.84 Å². The molecule has 0 aliphatic heterocycles. The van der Waals surface area contributed by atoms with E-state index < -0.39 is 0 Å². The number of aliphatic hydroxyl groups is 1.